The van der Waals surface area contributed by atoms with Gasteiger partial charge >= 0.3 is 0 Å². The third kappa shape index (κ3) is 2.33. The molecule has 0 fully saturated rings. The largest absolute Gasteiger partial charge is 0.379 e. The summed E-state index contributed by atoms with van der Waals surface area (Å²) in [5.74, 6) is 0.802. The Morgan fingerprint density at radius 3 is 3.00 bits per heavy atom. The lowest BCUT2D eigenvalue weighted by Crippen LogP contribution is -2.03. The number of ether oxygens (including phenoxy) is 1. The number of aryl methyl sites for hydroxylation is 1. The fourth-order valence-corrected chi connectivity index (χ4v) is 2.08. The van der Waals surface area contributed by atoms with Crippen LogP contribution in [0.25, 0.3) is 0 Å². The number of hydrogen-bond donors (Lipinski definition) is 1. The zero-order chi connectivity index (χ0) is 12.4. The van der Waals surface area contributed by atoms with Gasteiger partial charge in [-0.15, -0.1) is 0 Å². The first-order chi connectivity index (χ1) is 8.81. The van der Waals surface area contributed by atoms with E-state index in [1.165, 1.54) is 11.1 Å². The predicted molar refractivity (Wildman–Crippen MR) is 69.0 cm³/mol. The topological polar surface area (TPSA) is 47.0 Å². The summed E-state index contributed by atoms with van der Waals surface area (Å²) < 4.78 is 5.40. The van der Waals surface area contributed by atoms with Crippen molar-refractivity contribution >= 4 is 5.69 Å². The van der Waals surface area contributed by atoms with Crippen molar-refractivity contribution in [3.05, 3.63) is 53.1 Å². The van der Waals surface area contributed by atoms with Crippen LogP contribution in [-0.4, -0.2) is 9.97 Å². The van der Waals surface area contributed by atoms with Gasteiger partial charge in [0.2, 0.25) is 0 Å². The SMILES string of the molecule is Cc1nccc(CNc2ccc3c(c2)COC3)n1. The molecular formula is C14H15N3O. The summed E-state index contributed by atoms with van der Waals surface area (Å²) in [6, 6.07) is 8.28. The van der Waals surface area contributed by atoms with Crippen LogP contribution in [0.3, 0.4) is 0 Å². The number of anilines is 1. The van der Waals surface area contributed by atoms with E-state index in [0.29, 0.717) is 6.54 Å². The Balaban J connectivity index is 1.70. The van der Waals surface area contributed by atoms with Crippen LogP contribution >= 0.6 is 0 Å². The fraction of sp³-hybridized carbons (Fsp3) is 0.286. The average molecular weight is 241 g/mol. The van der Waals surface area contributed by atoms with Crippen molar-refractivity contribution in [2.45, 2.75) is 26.7 Å². The monoisotopic (exact) mass is 241 g/mol. The minimum absolute atomic E-state index is 0.711. The van der Waals surface area contributed by atoms with E-state index in [4.69, 9.17) is 4.74 Å². The van der Waals surface area contributed by atoms with Gasteiger partial charge in [-0.3, -0.25) is 0 Å². The van der Waals surface area contributed by atoms with E-state index in [1.807, 2.05) is 13.0 Å². The Kier molecular flexibility index (Phi) is 2.94. The summed E-state index contributed by atoms with van der Waals surface area (Å²) in [5.41, 5.74) is 4.67. The smallest absolute Gasteiger partial charge is 0.125 e. The van der Waals surface area contributed by atoms with Gasteiger partial charge in [0.1, 0.15) is 5.82 Å². The van der Waals surface area contributed by atoms with Crippen molar-refractivity contribution in [3.8, 4) is 0 Å². The molecule has 0 saturated heterocycles. The van der Waals surface area contributed by atoms with E-state index in [9.17, 15) is 0 Å². The Morgan fingerprint density at radius 1 is 1.22 bits per heavy atom. The van der Waals surface area contributed by atoms with E-state index in [2.05, 4.69) is 33.5 Å². The molecule has 1 N–H and O–H groups in total. The lowest BCUT2D eigenvalue weighted by molar-refractivity contribution is 0.134. The first kappa shape index (κ1) is 11.2. The first-order valence-corrected chi connectivity index (χ1v) is 6.03. The lowest BCUT2D eigenvalue weighted by Gasteiger charge is -2.07. The number of nitrogens with one attached hydrogen (secondary N) is 1. The second kappa shape index (κ2) is 4.74. The Bertz CT molecular complexity index is 569. The Morgan fingerprint density at radius 2 is 2.11 bits per heavy atom. The zero-order valence-corrected chi connectivity index (χ0v) is 10.3. The van der Waals surface area contributed by atoms with Gasteiger partial charge in [0.05, 0.1) is 25.5 Å². The molecule has 4 heteroatoms. The van der Waals surface area contributed by atoms with Crippen molar-refractivity contribution < 1.29 is 4.74 Å². The van der Waals surface area contributed by atoms with Gasteiger partial charge in [0.25, 0.3) is 0 Å². The number of benzene rings is 1. The van der Waals surface area contributed by atoms with Crippen LogP contribution in [0.4, 0.5) is 5.69 Å². The highest BCUT2D eigenvalue weighted by Gasteiger charge is 2.10. The van der Waals surface area contributed by atoms with Crippen LogP contribution in [-0.2, 0) is 24.5 Å². The van der Waals surface area contributed by atoms with Crippen LogP contribution in [0.15, 0.2) is 30.5 Å². The first-order valence-electron chi connectivity index (χ1n) is 6.03. The number of nitrogens with zero attached hydrogens (tertiary/aromatic N) is 2. The summed E-state index contributed by atoms with van der Waals surface area (Å²) in [6.07, 6.45) is 1.79. The van der Waals surface area contributed by atoms with Crippen molar-refractivity contribution in [2.24, 2.45) is 0 Å². The van der Waals surface area contributed by atoms with E-state index in [0.717, 1.165) is 30.4 Å². The molecule has 18 heavy (non-hydrogen) atoms. The fourth-order valence-electron chi connectivity index (χ4n) is 2.08. The number of fused-ring (bicyclic) bond motifs is 1. The molecular weight excluding hydrogens is 226 g/mol. The summed E-state index contributed by atoms with van der Waals surface area (Å²) in [6.45, 7) is 4.07. The Labute approximate surface area is 106 Å². The number of aromatic nitrogens is 2. The molecule has 1 aromatic heterocycles. The summed E-state index contributed by atoms with van der Waals surface area (Å²) >= 11 is 0. The van der Waals surface area contributed by atoms with Gasteiger partial charge in [0, 0.05) is 11.9 Å². The molecule has 1 aromatic carbocycles. The quantitative estimate of drug-likeness (QED) is 0.896. The minimum Gasteiger partial charge on any atom is -0.379 e. The molecule has 1 aliphatic heterocycles. The van der Waals surface area contributed by atoms with Crippen LogP contribution in [0.5, 0.6) is 0 Å². The molecule has 0 radical (unpaired) electrons. The molecule has 3 rings (SSSR count). The van der Waals surface area contributed by atoms with Gasteiger partial charge in [-0.2, -0.15) is 0 Å². The van der Waals surface area contributed by atoms with E-state index >= 15 is 0 Å². The van der Waals surface area contributed by atoms with Gasteiger partial charge < -0.3 is 10.1 Å². The lowest BCUT2D eigenvalue weighted by atomic mass is 10.1. The highest BCUT2D eigenvalue weighted by Crippen LogP contribution is 2.23. The molecule has 2 heterocycles. The maximum absolute atomic E-state index is 5.40. The molecule has 4 nitrogen and oxygen atoms in total. The minimum atomic E-state index is 0.711. The van der Waals surface area contributed by atoms with E-state index in [-0.39, 0.29) is 0 Å². The molecule has 92 valence electrons. The van der Waals surface area contributed by atoms with Crippen LogP contribution in [0, 0.1) is 6.92 Å². The maximum Gasteiger partial charge on any atom is 0.125 e. The highest BCUT2D eigenvalue weighted by molar-refractivity contribution is 5.49. The van der Waals surface area contributed by atoms with E-state index in [1.54, 1.807) is 6.20 Å². The van der Waals surface area contributed by atoms with Gasteiger partial charge in [-0.1, -0.05) is 6.07 Å². The molecule has 0 spiro atoms. The molecule has 1 aliphatic rings. The molecule has 2 aromatic rings. The van der Waals surface area contributed by atoms with Gasteiger partial charge in [-0.25, -0.2) is 9.97 Å². The normalized spacial score (nSPS) is 13.4. The molecule has 0 atom stereocenters. The van der Waals surface area contributed by atoms with Crippen molar-refractivity contribution in [1.29, 1.82) is 0 Å². The van der Waals surface area contributed by atoms with Crippen molar-refractivity contribution in [1.82, 2.24) is 9.97 Å². The van der Waals surface area contributed by atoms with Crippen molar-refractivity contribution in [3.63, 3.8) is 0 Å². The van der Waals surface area contributed by atoms with Gasteiger partial charge in [-0.05, 0) is 36.2 Å². The third-order valence-electron chi connectivity index (χ3n) is 3.03. The molecule has 0 saturated carbocycles. The van der Waals surface area contributed by atoms with Crippen LogP contribution in [0.1, 0.15) is 22.6 Å². The second-order valence-electron chi connectivity index (χ2n) is 4.43. The third-order valence-corrected chi connectivity index (χ3v) is 3.03. The maximum atomic E-state index is 5.40. The number of rotatable bonds is 3. The second-order valence-corrected chi connectivity index (χ2v) is 4.43. The summed E-state index contributed by atoms with van der Waals surface area (Å²) in [5, 5.41) is 3.37. The average Bonchev–Trinajstić information content (AvgIpc) is 2.84. The molecule has 0 aliphatic carbocycles. The molecule has 0 unspecified atom stereocenters. The predicted octanol–water partition coefficient (Wildman–Crippen LogP) is 2.43. The summed E-state index contributed by atoms with van der Waals surface area (Å²) in [7, 11) is 0. The van der Waals surface area contributed by atoms with Crippen LogP contribution in [0.2, 0.25) is 0 Å². The molecule has 0 amide bonds. The standard InChI is InChI=1S/C14H15N3O/c1-10-15-5-4-14(17-10)7-16-13-3-2-11-8-18-9-12(11)6-13/h2-6,16H,7-9H2,1H3. The zero-order valence-electron chi connectivity index (χ0n) is 10.3. The molecule has 0 bridgehead atoms. The Hall–Kier alpha value is -1.94. The van der Waals surface area contributed by atoms with Gasteiger partial charge in [0.15, 0.2) is 0 Å². The van der Waals surface area contributed by atoms with Crippen LogP contribution < -0.4 is 5.32 Å². The summed E-state index contributed by atoms with van der Waals surface area (Å²) in [4.78, 5) is 8.45. The van der Waals surface area contributed by atoms with Crippen molar-refractivity contribution in [2.75, 3.05) is 5.32 Å². The number of hydrogen-bond acceptors (Lipinski definition) is 4. The van der Waals surface area contributed by atoms with E-state index < -0.39 is 0 Å². The highest BCUT2D eigenvalue weighted by atomic mass is 16.5.